The van der Waals surface area contributed by atoms with E-state index in [4.69, 9.17) is 4.74 Å². The van der Waals surface area contributed by atoms with Crippen LogP contribution in [-0.4, -0.2) is 15.0 Å². The molecule has 124 valence electrons. The van der Waals surface area contributed by atoms with E-state index in [9.17, 15) is 0 Å². The van der Waals surface area contributed by atoms with Crippen molar-refractivity contribution < 1.29 is 4.74 Å². The number of nitrogens with one attached hydrogen (secondary N) is 1. The number of benzene rings is 2. The highest BCUT2D eigenvalue weighted by atomic mass is 32.2. The Morgan fingerprint density at radius 2 is 1.80 bits per heavy atom. The first-order valence-electron chi connectivity index (χ1n) is 8.05. The number of nitrogens with zero attached hydrogens (tertiary/aromatic N) is 2. The highest BCUT2D eigenvalue weighted by Crippen LogP contribution is 2.24. The van der Waals surface area contributed by atoms with Crippen LogP contribution in [0.3, 0.4) is 0 Å². The lowest BCUT2D eigenvalue weighted by atomic mass is 10.2. The molecule has 2 heterocycles. The number of aromatic amines is 1. The third kappa shape index (κ3) is 4.00. The Kier molecular flexibility index (Phi) is 4.65. The van der Waals surface area contributed by atoms with E-state index in [1.165, 1.54) is 10.5 Å². The molecule has 0 amide bonds. The monoisotopic (exact) mass is 347 g/mol. The summed E-state index contributed by atoms with van der Waals surface area (Å²) in [7, 11) is 0. The fraction of sp³-hybridized carbons (Fsp3) is 0.100. The summed E-state index contributed by atoms with van der Waals surface area (Å²) >= 11 is 1.80. The van der Waals surface area contributed by atoms with E-state index in [2.05, 4.69) is 33.2 Å². The number of fused-ring (bicyclic) bond motifs is 1. The lowest BCUT2D eigenvalue weighted by molar-refractivity contribution is 0.297. The summed E-state index contributed by atoms with van der Waals surface area (Å²) < 4.78 is 5.75. The molecule has 0 atom stereocenters. The van der Waals surface area contributed by atoms with Crippen LogP contribution in [0.4, 0.5) is 0 Å². The molecule has 4 rings (SSSR count). The molecule has 0 fully saturated rings. The molecule has 0 aliphatic carbocycles. The van der Waals surface area contributed by atoms with Crippen molar-refractivity contribution in [3.8, 4) is 5.75 Å². The van der Waals surface area contributed by atoms with Gasteiger partial charge in [0.25, 0.3) is 0 Å². The van der Waals surface area contributed by atoms with E-state index in [0.717, 1.165) is 28.4 Å². The van der Waals surface area contributed by atoms with Crippen molar-refractivity contribution in [1.29, 1.82) is 0 Å². The Morgan fingerprint density at radius 1 is 0.960 bits per heavy atom. The summed E-state index contributed by atoms with van der Waals surface area (Å²) in [6.07, 6.45) is 3.64. The average molecular weight is 347 g/mol. The molecular formula is C20H17N3OS. The minimum absolute atomic E-state index is 0.430. The normalized spacial score (nSPS) is 10.9. The second-order valence-corrected chi connectivity index (χ2v) is 6.66. The molecule has 0 bridgehead atoms. The number of H-pyrrole nitrogens is 1. The van der Waals surface area contributed by atoms with Crippen molar-refractivity contribution >= 4 is 22.8 Å². The molecule has 25 heavy (non-hydrogen) atoms. The summed E-state index contributed by atoms with van der Waals surface area (Å²) in [4.78, 5) is 13.2. The maximum Gasteiger partial charge on any atom is 0.146 e. The molecule has 1 N–H and O–H groups in total. The number of thioether (sulfide) groups is 1. The van der Waals surface area contributed by atoms with Crippen molar-refractivity contribution in [3.05, 3.63) is 84.4 Å². The van der Waals surface area contributed by atoms with E-state index in [-0.39, 0.29) is 0 Å². The first-order chi connectivity index (χ1) is 12.4. The summed E-state index contributed by atoms with van der Waals surface area (Å²) in [5, 5.41) is 0. The minimum atomic E-state index is 0.430. The second kappa shape index (κ2) is 7.40. The van der Waals surface area contributed by atoms with E-state index >= 15 is 0 Å². The van der Waals surface area contributed by atoms with Gasteiger partial charge < -0.3 is 9.72 Å². The Morgan fingerprint density at radius 3 is 2.64 bits per heavy atom. The largest absolute Gasteiger partial charge is 0.486 e. The Bertz CT molecular complexity index is 913. The van der Waals surface area contributed by atoms with Gasteiger partial charge in [-0.15, -0.1) is 11.8 Å². The van der Waals surface area contributed by atoms with E-state index < -0.39 is 0 Å². The zero-order chi connectivity index (χ0) is 16.9. The molecule has 2 aromatic heterocycles. The molecule has 0 saturated carbocycles. The van der Waals surface area contributed by atoms with Gasteiger partial charge in [-0.2, -0.15) is 0 Å². The molecule has 0 aliphatic rings. The first kappa shape index (κ1) is 15.7. The van der Waals surface area contributed by atoms with Crippen molar-refractivity contribution in [2.24, 2.45) is 0 Å². The van der Waals surface area contributed by atoms with Gasteiger partial charge in [0.2, 0.25) is 0 Å². The van der Waals surface area contributed by atoms with Crippen LogP contribution in [0.5, 0.6) is 5.75 Å². The summed E-state index contributed by atoms with van der Waals surface area (Å²) in [5.41, 5.74) is 3.26. The number of imidazole rings is 1. The second-order valence-electron chi connectivity index (χ2n) is 5.61. The maximum atomic E-state index is 5.75. The van der Waals surface area contributed by atoms with Gasteiger partial charge in [-0.05, 0) is 42.0 Å². The summed E-state index contributed by atoms with van der Waals surface area (Å²) in [5.74, 6) is 2.59. The van der Waals surface area contributed by atoms with Crippen LogP contribution in [0.2, 0.25) is 0 Å². The van der Waals surface area contributed by atoms with Gasteiger partial charge in [0, 0.05) is 23.0 Å². The van der Waals surface area contributed by atoms with Gasteiger partial charge in [0.05, 0.1) is 11.0 Å². The Labute approximate surface area is 150 Å². The fourth-order valence-electron chi connectivity index (χ4n) is 2.54. The molecular weight excluding hydrogens is 330 g/mol. The SMILES string of the molecule is c1ccc(OCc2nc3ccc(CSc4ccncc4)cc3[nH]2)cc1. The quantitative estimate of drug-likeness (QED) is 0.508. The highest BCUT2D eigenvalue weighted by molar-refractivity contribution is 7.98. The molecule has 5 heteroatoms. The average Bonchev–Trinajstić information content (AvgIpc) is 3.08. The van der Waals surface area contributed by atoms with Gasteiger partial charge in [-0.1, -0.05) is 24.3 Å². The number of pyridine rings is 1. The molecule has 2 aromatic carbocycles. The van der Waals surface area contributed by atoms with Crippen molar-refractivity contribution in [3.63, 3.8) is 0 Å². The van der Waals surface area contributed by atoms with Gasteiger partial charge in [0.1, 0.15) is 18.2 Å². The standard InChI is InChI=1S/C20H17N3OS/c1-2-4-16(5-3-1)24-13-20-22-18-7-6-15(12-19(18)23-20)14-25-17-8-10-21-11-9-17/h1-12H,13-14H2,(H,22,23). The van der Waals surface area contributed by atoms with Crippen molar-refractivity contribution in [2.45, 2.75) is 17.3 Å². The third-order valence-corrected chi connectivity index (χ3v) is 4.85. The molecule has 0 saturated heterocycles. The lowest BCUT2D eigenvalue weighted by Gasteiger charge is -2.02. The molecule has 0 unspecified atom stereocenters. The summed E-state index contributed by atoms with van der Waals surface area (Å²) in [6.45, 7) is 0.430. The number of hydrogen-bond acceptors (Lipinski definition) is 4. The molecule has 4 aromatic rings. The number of para-hydroxylation sites is 1. The van der Waals surface area contributed by atoms with Gasteiger partial charge in [-0.3, -0.25) is 4.98 Å². The Balaban J connectivity index is 1.44. The van der Waals surface area contributed by atoms with E-state index in [1.807, 2.05) is 54.9 Å². The van der Waals surface area contributed by atoms with E-state index in [1.54, 1.807) is 11.8 Å². The third-order valence-electron chi connectivity index (χ3n) is 3.77. The number of hydrogen-bond donors (Lipinski definition) is 1. The van der Waals surface area contributed by atoms with Gasteiger partial charge in [0.15, 0.2) is 0 Å². The van der Waals surface area contributed by atoms with Crippen LogP contribution in [0.1, 0.15) is 11.4 Å². The van der Waals surface area contributed by atoms with Crippen LogP contribution < -0.4 is 4.74 Å². The first-order valence-corrected chi connectivity index (χ1v) is 9.03. The predicted octanol–water partition coefficient (Wildman–Crippen LogP) is 4.83. The van der Waals surface area contributed by atoms with Gasteiger partial charge in [-0.25, -0.2) is 4.98 Å². The molecule has 0 aliphatic heterocycles. The van der Waals surface area contributed by atoms with Crippen LogP contribution in [0, 0.1) is 0 Å². The van der Waals surface area contributed by atoms with Crippen LogP contribution >= 0.6 is 11.8 Å². The minimum Gasteiger partial charge on any atom is -0.486 e. The zero-order valence-electron chi connectivity index (χ0n) is 13.6. The fourth-order valence-corrected chi connectivity index (χ4v) is 3.36. The van der Waals surface area contributed by atoms with E-state index in [0.29, 0.717) is 6.61 Å². The number of aromatic nitrogens is 3. The smallest absolute Gasteiger partial charge is 0.146 e. The molecule has 0 radical (unpaired) electrons. The predicted molar refractivity (Wildman–Crippen MR) is 101 cm³/mol. The van der Waals surface area contributed by atoms with Crippen LogP contribution in [0.15, 0.2) is 78.0 Å². The zero-order valence-corrected chi connectivity index (χ0v) is 14.4. The Hall–Kier alpha value is -2.79. The molecule has 0 spiro atoms. The number of rotatable bonds is 6. The summed E-state index contributed by atoms with van der Waals surface area (Å²) in [6, 6.07) is 20.2. The maximum absolute atomic E-state index is 5.75. The van der Waals surface area contributed by atoms with Crippen molar-refractivity contribution in [2.75, 3.05) is 0 Å². The topological polar surface area (TPSA) is 50.8 Å². The van der Waals surface area contributed by atoms with Crippen LogP contribution in [-0.2, 0) is 12.4 Å². The lowest BCUT2D eigenvalue weighted by Crippen LogP contribution is -1.96. The van der Waals surface area contributed by atoms with Gasteiger partial charge >= 0.3 is 0 Å². The van der Waals surface area contributed by atoms with Crippen LogP contribution in [0.25, 0.3) is 11.0 Å². The van der Waals surface area contributed by atoms with Crippen molar-refractivity contribution in [1.82, 2.24) is 15.0 Å². The number of ether oxygens (including phenoxy) is 1. The molecule has 4 nitrogen and oxygen atoms in total. The highest BCUT2D eigenvalue weighted by Gasteiger charge is 2.05.